The average Bonchev–Trinajstić information content (AvgIpc) is 2.71. The van der Waals surface area contributed by atoms with Crippen LogP contribution < -0.4 is 19.7 Å². The van der Waals surface area contributed by atoms with Crippen LogP contribution in [-0.4, -0.2) is 26.2 Å². The molecular formula is C19H16FN5O2. The molecule has 1 aromatic heterocycles. The fourth-order valence-electron chi connectivity index (χ4n) is 3.40. The molecule has 0 unspecified atom stereocenters. The molecule has 0 spiro atoms. The predicted molar refractivity (Wildman–Crippen MR) is 97.1 cm³/mol. The largest absolute Gasteiger partial charge is 0.617 e. The Kier molecular flexibility index (Phi) is 4.22. The Morgan fingerprint density at radius 3 is 2.37 bits per heavy atom. The molecule has 136 valence electrons. The molecule has 1 aliphatic rings. The topological polar surface area (TPSA) is 92.9 Å². The molecule has 0 saturated carbocycles. The Labute approximate surface area is 154 Å². The molecule has 1 aliphatic heterocycles. The summed E-state index contributed by atoms with van der Waals surface area (Å²) in [5.74, 6) is -0.592. The molecule has 0 radical (unpaired) electrons. The van der Waals surface area contributed by atoms with Gasteiger partial charge in [0.15, 0.2) is 11.9 Å². The number of rotatable bonds is 2. The van der Waals surface area contributed by atoms with Crippen molar-refractivity contribution in [1.29, 1.82) is 5.26 Å². The summed E-state index contributed by atoms with van der Waals surface area (Å²) in [5, 5.41) is 38.4. The standard InChI is InChI=1S/C19H16FN5O2/c20-14-10-16-17(11-15(14)23-8-6-22-7-9-23)25(27)19(18(12-21)24(16)26)13-4-2-1-3-5-13/h1-5,10-11,22H,6-9H2. The molecule has 1 N–H and O–H groups in total. The number of aromatic nitrogens is 2. The van der Waals surface area contributed by atoms with Crippen molar-refractivity contribution in [1.82, 2.24) is 5.32 Å². The maximum Gasteiger partial charge on any atom is 0.369 e. The van der Waals surface area contributed by atoms with Crippen LogP contribution in [-0.2, 0) is 0 Å². The van der Waals surface area contributed by atoms with Gasteiger partial charge in [0.2, 0.25) is 0 Å². The molecule has 3 aromatic rings. The van der Waals surface area contributed by atoms with Gasteiger partial charge in [-0.1, -0.05) is 18.2 Å². The molecule has 0 bridgehead atoms. The van der Waals surface area contributed by atoms with Crippen molar-refractivity contribution in [2.75, 3.05) is 31.1 Å². The van der Waals surface area contributed by atoms with Crippen molar-refractivity contribution < 1.29 is 13.9 Å². The minimum atomic E-state index is -0.592. The van der Waals surface area contributed by atoms with E-state index in [1.54, 1.807) is 36.4 Å². The lowest BCUT2D eigenvalue weighted by atomic mass is 10.1. The fraction of sp³-hybridized carbons (Fsp3) is 0.211. The van der Waals surface area contributed by atoms with Crippen LogP contribution in [0, 0.1) is 27.6 Å². The third-order valence-electron chi connectivity index (χ3n) is 4.72. The predicted octanol–water partition coefficient (Wildman–Crippen LogP) is 1.19. The van der Waals surface area contributed by atoms with E-state index in [1.807, 2.05) is 4.90 Å². The first-order valence-electron chi connectivity index (χ1n) is 8.55. The molecular weight excluding hydrogens is 349 g/mol. The molecule has 0 amide bonds. The highest BCUT2D eigenvalue weighted by atomic mass is 19.1. The van der Waals surface area contributed by atoms with Crippen LogP contribution in [0.2, 0.25) is 0 Å². The second-order valence-corrected chi connectivity index (χ2v) is 6.29. The Balaban J connectivity index is 2.01. The molecule has 2 heterocycles. The highest BCUT2D eigenvalue weighted by Crippen LogP contribution is 2.26. The van der Waals surface area contributed by atoms with E-state index in [2.05, 4.69) is 5.32 Å². The number of halogens is 1. The van der Waals surface area contributed by atoms with E-state index in [4.69, 9.17) is 0 Å². The van der Waals surface area contributed by atoms with Crippen molar-refractivity contribution >= 4 is 16.7 Å². The van der Waals surface area contributed by atoms with Crippen LogP contribution in [0.4, 0.5) is 10.1 Å². The Morgan fingerprint density at radius 1 is 1.04 bits per heavy atom. The van der Waals surface area contributed by atoms with E-state index in [0.29, 0.717) is 41.2 Å². The van der Waals surface area contributed by atoms with Crippen molar-refractivity contribution in [3.8, 4) is 17.3 Å². The first-order valence-corrected chi connectivity index (χ1v) is 8.55. The Hall–Kier alpha value is -3.44. The molecule has 27 heavy (non-hydrogen) atoms. The summed E-state index contributed by atoms with van der Waals surface area (Å²) in [7, 11) is 0. The highest BCUT2D eigenvalue weighted by Gasteiger charge is 2.31. The van der Waals surface area contributed by atoms with Crippen LogP contribution in [0.3, 0.4) is 0 Å². The average molecular weight is 365 g/mol. The third kappa shape index (κ3) is 2.78. The molecule has 1 saturated heterocycles. The van der Waals surface area contributed by atoms with E-state index in [0.717, 1.165) is 6.07 Å². The van der Waals surface area contributed by atoms with E-state index in [9.17, 15) is 20.1 Å². The summed E-state index contributed by atoms with van der Waals surface area (Å²) in [4.78, 5) is 1.83. The van der Waals surface area contributed by atoms with Crippen molar-refractivity contribution in [3.63, 3.8) is 0 Å². The van der Waals surface area contributed by atoms with Crippen LogP contribution >= 0.6 is 0 Å². The first-order chi connectivity index (χ1) is 13.1. The van der Waals surface area contributed by atoms with Crippen LogP contribution in [0.15, 0.2) is 42.5 Å². The van der Waals surface area contributed by atoms with Gasteiger partial charge in [-0.3, -0.25) is 0 Å². The normalized spacial score (nSPS) is 14.3. The van der Waals surface area contributed by atoms with Gasteiger partial charge in [-0.15, -0.1) is 4.73 Å². The summed E-state index contributed by atoms with van der Waals surface area (Å²) in [5.41, 5.74) is 0.174. The maximum absolute atomic E-state index is 14.7. The molecule has 8 heteroatoms. The summed E-state index contributed by atoms with van der Waals surface area (Å²) >= 11 is 0. The van der Waals surface area contributed by atoms with Gasteiger partial charge in [0.05, 0.1) is 17.3 Å². The number of nitrogens with one attached hydrogen (secondary N) is 1. The van der Waals surface area contributed by atoms with E-state index in [-0.39, 0.29) is 28.1 Å². The minimum Gasteiger partial charge on any atom is -0.617 e. The summed E-state index contributed by atoms with van der Waals surface area (Å²) in [6.07, 6.45) is 0. The lowest BCUT2D eigenvalue weighted by molar-refractivity contribution is -0.622. The van der Waals surface area contributed by atoms with Crippen molar-refractivity contribution in [2.45, 2.75) is 0 Å². The number of hydrogen-bond donors (Lipinski definition) is 1. The van der Waals surface area contributed by atoms with Gasteiger partial charge < -0.3 is 20.6 Å². The summed E-state index contributed by atoms with van der Waals surface area (Å²) in [6, 6.07) is 12.7. The van der Waals surface area contributed by atoms with Crippen molar-refractivity contribution in [3.05, 3.63) is 64.4 Å². The van der Waals surface area contributed by atoms with E-state index >= 15 is 0 Å². The molecule has 4 rings (SSSR count). The number of nitrogens with zero attached hydrogens (tertiary/aromatic N) is 4. The zero-order valence-corrected chi connectivity index (χ0v) is 14.4. The molecule has 7 nitrogen and oxygen atoms in total. The lowest BCUT2D eigenvalue weighted by Crippen LogP contribution is -2.45. The lowest BCUT2D eigenvalue weighted by Gasteiger charge is -2.29. The molecule has 0 atom stereocenters. The quantitative estimate of drug-likeness (QED) is 0.544. The maximum atomic E-state index is 14.7. The van der Waals surface area contributed by atoms with E-state index in [1.165, 1.54) is 6.07 Å². The van der Waals surface area contributed by atoms with Crippen LogP contribution in [0.5, 0.6) is 0 Å². The number of benzene rings is 2. The Bertz CT molecular complexity index is 1060. The number of hydrogen-bond acceptors (Lipinski definition) is 5. The molecule has 0 aliphatic carbocycles. The highest BCUT2D eigenvalue weighted by molar-refractivity contribution is 5.76. The van der Waals surface area contributed by atoms with Crippen molar-refractivity contribution in [2.24, 2.45) is 0 Å². The summed E-state index contributed by atoms with van der Waals surface area (Å²) < 4.78 is 15.5. The second-order valence-electron chi connectivity index (χ2n) is 6.29. The van der Waals surface area contributed by atoms with Gasteiger partial charge in [-0.25, -0.2) is 4.39 Å². The van der Waals surface area contributed by atoms with E-state index < -0.39 is 5.82 Å². The van der Waals surface area contributed by atoms with Gasteiger partial charge >= 0.3 is 11.4 Å². The third-order valence-corrected chi connectivity index (χ3v) is 4.72. The zero-order valence-electron chi connectivity index (χ0n) is 14.4. The van der Waals surface area contributed by atoms with Crippen LogP contribution in [0.1, 0.15) is 5.69 Å². The smallest absolute Gasteiger partial charge is 0.369 e. The number of nitriles is 1. The van der Waals surface area contributed by atoms with Gasteiger partial charge in [0, 0.05) is 32.2 Å². The SMILES string of the molecule is N#Cc1c(-c2ccccc2)[n+]([O-])c2cc(N3CCNCC3)c(F)cc2[n+]1[O-]. The Morgan fingerprint density at radius 2 is 1.70 bits per heavy atom. The van der Waals surface area contributed by atoms with Gasteiger partial charge in [0.25, 0.3) is 11.0 Å². The second kappa shape index (κ2) is 6.70. The number of piperazine rings is 1. The minimum absolute atomic E-state index is 0.0257. The van der Waals surface area contributed by atoms with Crippen LogP contribution in [0.25, 0.3) is 22.3 Å². The first kappa shape index (κ1) is 17.0. The molecule has 2 aromatic carbocycles. The van der Waals surface area contributed by atoms with Gasteiger partial charge in [0.1, 0.15) is 0 Å². The number of fused-ring (bicyclic) bond motifs is 1. The fourth-order valence-corrected chi connectivity index (χ4v) is 3.40. The van der Waals surface area contributed by atoms with Gasteiger partial charge in [-0.05, 0) is 12.1 Å². The zero-order chi connectivity index (χ0) is 19.0. The van der Waals surface area contributed by atoms with Gasteiger partial charge in [-0.2, -0.15) is 9.99 Å². The molecule has 1 fully saturated rings. The number of anilines is 1. The monoisotopic (exact) mass is 365 g/mol. The summed E-state index contributed by atoms with van der Waals surface area (Å²) in [6.45, 7) is 2.61.